The fourth-order valence-corrected chi connectivity index (χ4v) is 2.83. The highest BCUT2D eigenvalue weighted by atomic mass is 35.5. The largest absolute Gasteiger partial charge is 0.492 e. The standard InChI is InChI=1S/C18H29N3O2.2ClH/c1-4-20(5-2)12-13-23-17-8-6-16(7-9-17)18(22)21-11-10-19-14-15(21)3;;/h6-9,15,19H,4-5,10-14H2,1-3H3;2*1H. The molecule has 1 saturated heterocycles. The van der Waals surface area contributed by atoms with E-state index in [0.717, 1.165) is 50.6 Å². The molecular weight excluding hydrogens is 361 g/mol. The van der Waals surface area contributed by atoms with E-state index in [1.54, 1.807) is 0 Å². The van der Waals surface area contributed by atoms with Crippen molar-refractivity contribution in [1.29, 1.82) is 0 Å². The summed E-state index contributed by atoms with van der Waals surface area (Å²) in [5.74, 6) is 0.927. The Morgan fingerprint density at radius 1 is 1.24 bits per heavy atom. The second-order valence-corrected chi connectivity index (χ2v) is 5.95. The van der Waals surface area contributed by atoms with Gasteiger partial charge in [0.05, 0.1) is 0 Å². The summed E-state index contributed by atoms with van der Waals surface area (Å²) < 4.78 is 5.76. The van der Waals surface area contributed by atoms with Crippen LogP contribution in [0.5, 0.6) is 5.75 Å². The summed E-state index contributed by atoms with van der Waals surface area (Å²) in [5.41, 5.74) is 0.731. The lowest BCUT2D eigenvalue weighted by Crippen LogP contribution is -2.52. The molecular formula is C18H31Cl2N3O2. The quantitative estimate of drug-likeness (QED) is 0.775. The van der Waals surface area contributed by atoms with Crippen LogP contribution in [0.2, 0.25) is 0 Å². The van der Waals surface area contributed by atoms with Crippen LogP contribution in [0.15, 0.2) is 24.3 Å². The second kappa shape index (κ2) is 12.4. The van der Waals surface area contributed by atoms with Crippen LogP contribution in [0.25, 0.3) is 0 Å². The van der Waals surface area contributed by atoms with Gasteiger partial charge in [-0.05, 0) is 44.3 Å². The molecule has 1 fully saturated rings. The number of carbonyl (C=O) groups excluding carboxylic acids is 1. The molecule has 1 aromatic carbocycles. The van der Waals surface area contributed by atoms with Gasteiger partial charge in [0.25, 0.3) is 5.91 Å². The number of benzene rings is 1. The van der Waals surface area contributed by atoms with Crippen molar-refractivity contribution in [2.75, 3.05) is 45.9 Å². The second-order valence-electron chi connectivity index (χ2n) is 5.95. The molecule has 1 aliphatic heterocycles. The third kappa shape index (κ3) is 7.02. The number of amides is 1. The van der Waals surface area contributed by atoms with Gasteiger partial charge in [0.15, 0.2) is 0 Å². The lowest BCUT2D eigenvalue weighted by Gasteiger charge is -2.34. The summed E-state index contributed by atoms with van der Waals surface area (Å²) in [5, 5.41) is 3.30. The molecule has 1 aromatic rings. The number of hydrogen-bond acceptors (Lipinski definition) is 4. The van der Waals surface area contributed by atoms with E-state index in [1.807, 2.05) is 29.2 Å². The van der Waals surface area contributed by atoms with Crippen LogP contribution in [0, 0.1) is 0 Å². The average molecular weight is 392 g/mol. The van der Waals surface area contributed by atoms with Crippen molar-refractivity contribution >= 4 is 30.7 Å². The number of likely N-dealkylation sites (N-methyl/N-ethyl adjacent to an activating group) is 1. The highest BCUT2D eigenvalue weighted by molar-refractivity contribution is 5.94. The number of nitrogens with one attached hydrogen (secondary N) is 1. The Morgan fingerprint density at radius 2 is 1.88 bits per heavy atom. The minimum atomic E-state index is 0. The predicted octanol–water partition coefficient (Wildman–Crippen LogP) is 2.68. The number of piperazine rings is 1. The Bertz CT molecular complexity index is 496. The molecule has 0 saturated carbocycles. The van der Waals surface area contributed by atoms with Gasteiger partial charge in [0.1, 0.15) is 12.4 Å². The molecule has 1 atom stereocenters. The predicted molar refractivity (Wildman–Crippen MR) is 108 cm³/mol. The summed E-state index contributed by atoms with van der Waals surface area (Å²) in [6, 6.07) is 7.75. The van der Waals surface area contributed by atoms with E-state index in [2.05, 4.69) is 31.0 Å². The minimum Gasteiger partial charge on any atom is -0.492 e. The summed E-state index contributed by atoms with van der Waals surface area (Å²) in [6.07, 6.45) is 0. The van der Waals surface area contributed by atoms with Crippen LogP contribution in [0.4, 0.5) is 0 Å². The van der Waals surface area contributed by atoms with Crippen LogP contribution >= 0.6 is 24.8 Å². The maximum absolute atomic E-state index is 12.6. The van der Waals surface area contributed by atoms with Crippen molar-refractivity contribution in [1.82, 2.24) is 15.1 Å². The first kappa shape index (κ1) is 24.0. The van der Waals surface area contributed by atoms with Gasteiger partial charge in [-0.15, -0.1) is 24.8 Å². The van der Waals surface area contributed by atoms with Crippen molar-refractivity contribution in [2.24, 2.45) is 0 Å². The van der Waals surface area contributed by atoms with Gasteiger partial charge >= 0.3 is 0 Å². The normalized spacial score (nSPS) is 16.8. The third-order valence-corrected chi connectivity index (χ3v) is 4.43. The molecule has 0 aromatic heterocycles. The highest BCUT2D eigenvalue weighted by Crippen LogP contribution is 2.15. The molecule has 1 amide bonds. The van der Waals surface area contributed by atoms with Crippen molar-refractivity contribution in [3.63, 3.8) is 0 Å². The summed E-state index contributed by atoms with van der Waals surface area (Å²) in [7, 11) is 0. The van der Waals surface area contributed by atoms with Gasteiger partial charge < -0.3 is 19.9 Å². The van der Waals surface area contributed by atoms with Gasteiger partial charge in [-0.1, -0.05) is 13.8 Å². The Labute approximate surface area is 163 Å². The highest BCUT2D eigenvalue weighted by Gasteiger charge is 2.23. The lowest BCUT2D eigenvalue weighted by molar-refractivity contribution is 0.0655. The molecule has 1 heterocycles. The van der Waals surface area contributed by atoms with E-state index in [-0.39, 0.29) is 36.8 Å². The molecule has 7 heteroatoms. The molecule has 0 aliphatic carbocycles. The van der Waals surface area contributed by atoms with Crippen LogP contribution in [-0.4, -0.2) is 67.6 Å². The number of ether oxygens (including phenoxy) is 1. The Kier molecular flexibility index (Phi) is 11.9. The number of rotatable bonds is 7. The molecule has 1 N–H and O–H groups in total. The van der Waals surface area contributed by atoms with E-state index < -0.39 is 0 Å². The first-order valence-electron chi connectivity index (χ1n) is 8.62. The van der Waals surface area contributed by atoms with Gasteiger partial charge in [-0.2, -0.15) is 0 Å². The van der Waals surface area contributed by atoms with Gasteiger partial charge in [-0.3, -0.25) is 4.79 Å². The summed E-state index contributed by atoms with van der Waals surface area (Å²) in [4.78, 5) is 16.8. The van der Waals surface area contributed by atoms with Crippen molar-refractivity contribution in [3.8, 4) is 5.75 Å². The zero-order valence-corrected chi connectivity index (χ0v) is 17.0. The van der Waals surface area contributed by atoms with Crippen LogP contribution in [0.1, 0.15) is 31.1 Å². The van der Waals surface area contributed by atoms with Crippen molar-refractivity contribution < 1.29 is 9.53 Å². The zero-order chi connectivity index (χ0) is 16.7. The lowest BCUT2D eigenvalue weighted by atomic mass is 10.1. The van der Waals surface area contributed by atoms with E-state index in [9.17, 15) is 4.79 Å². The van der Waals surface area contributed by atoms with Crippen LogP contribution < -0.4 is 10.1 Å². The van der Waals surface area contributed by atoms with Crippen LogP contribution in [0.3, 0.4) is 0 Å². The maximum atomic E-state index is 12.6. The first-order chi connectivity index (χ1) is 11.2. The third-order valence-electron chi connectivity index (χ3n) is 4.43. The number of carbonyl (C=O) groups is 1. The Morgan fingerprint density at radius 3 is 2.44 bits per heavy atom. The molecule has 0 bridgehead atoms. The SMILES string of the molecule is CCN(CC)CCOc1ccc(C(=O)N2CCNCC2C)cc1.Cl.Cl. The molecule has 0 spiro atoms. The molecule has 1 unspecified atom stereocenters. The monoisotopic (exact) mass is 391 g/mol. The molecule has 25 heavy (non-hydrogen) atoms. The number of nitrogens with zero attached hydrogens (tertiary/aromatic N) is 2. The van der Waals surface area contributed by atoms with Crippen molar-refractivity contribution in [2.45, 2.75) is 26.8 Å². The van der Waals surface area contributed by atoms with E-state index in [4.69, 9.17) is 4.74 Å². The van der Waals surface area contributed by atoms with E-state index in [0.29, 0.717) is 6.61 Å². The number of hydrogen-bond donors (Lipinski definition) is 1. The minimum absolute atomic E-state index is 0. The molecule has 144 valence electrons. The number of halogens is 2. The Balaban J connectivity index is 0.00000288. The Hall–Kier alpha value is -1.01. The molecule has 5 nitrogen and oxygen atoms in total. The van der Waals surface area contributed by atoms with Gasteiger partial charge in [-0.25, -0.2) is 0 Å². The smallest absolute Gasteiger partial charge is 0.254 e. The van der Waals surface area contributed by atoms with E-state index in [1.165, 1.54) is 0 Å². The fourth-order valence-electron chi connectivity index (χ4n) is 2.83. The maximum Gasteiger partial charge on any atom is 0.254 e. The fraction of sp³-hybridized carbons (Fsp3) is 0.611. The van der Waals surface area contributed by atoms with Crippen molar-refractivity contribution in [3.05, 3.63) is 29.8 Å². The molecule has 0 radical (unpaired) electrons. The first-order valence-corrected chi connectivity index (χ1v) is 8.62. The summed E-state index contributed by atoms with van der Waals surface area (Å²) in [6.45, 7) is 12.5. The zero-order valence-electron chi connectivity index (χ0n) is 15.4. The molecule has 1 aliphatic rings. The molecule has 2 rings (SSSR count). The van der Waals surface area contributed by atoms with Gasteiger partial charge in [0.2, 0.25) is 0 Å². The van der Waals surface area contributed by atoms with Gasteiger partial charge in [0, 0.05) is 37.8 Å². The summed E-state index contributed by atoms with van der Waals surface area (Å²) >= 11 is 0. The van der Waals surface area contributed by atoms with E-state index >= 15 is 0 Å². The topological polar surface area (TPSA) is 44.8 Å². The average Bonchev–Trinajstić information content (AvgIpc) is 2.59. The van der Waals surface area contributed by atoms with Crippen LogP contribution in [-0.2, 0) is 0 Å².